The number of anilines is 1. The summed E-state index contributed by atoms with van der Waals surface area (Å²) in [5, 5.41) is 9.59. The molecule has 0 unspecified atom stereocenters. The average Bonchev–Trinajstić information content (AvgIpc) is 2.85. The smallest absolute Gasteiger partial charge is 0.392 e. The summed E-state index contributed by atoms with van der Waals surface area (Å²) < 4.78 is 38.2. The molecule has 0 radical (unpaired) electrons. The summed E-state index contributed by atoms with van der Waals surface area (Å²) in [6.45, 7) is 0.500. The maximum Gasteiger partial charge on any atom is 0.416 e. The van der Waals surface area contributed by atoms with Gasteiger partial charge in [-0.2, -0.15) is 26.7 Å². The minimum absolute atomic E-state index is 0. The van der Waals surface area contributed by atoms with Crippen LogP contribution in [0.4, 0.5) is 18.9 Å². The number of hydrogen-bond acceptors (Lipinski definition) is 3. The number of aliphatic hydroxyl groups excluding tert-OH is 1. The van der Waals surface area contributed by atoms with E-state index >= 15 is 0 Å². The standard InChI is InChI=1S/C28H26F3NO3.H2S/c29-28(30,31)23-11-7-19(8-12-23)16-25(34)17-21-5-3-15-32(27(21)35)24-13-9-20(10-14-24)26-6-2-1-4-22(26)18-33;/h1-2,4,6-14,21,33H,3,5,15-18H2;1H2/t21-;/m1./s1. The van der Waals surface area contributed by atoms with Gasteiger partial charge in [0.2, 0.25) is 5.91 Å². The number of aliphatic hydroxyl groups is 1. The first-order chi connectivity index (χ1) is 16.8. The van der Waals surface area contributed by atoms with Gasteiger partial charge >= 0.3 is 6.18 Å². The Hall–Kier alpha value is -3.10. The van der Waals surface area contributed by atoms with Crippen molar-refractivity contribution >= 4 is 30.9 Å². The highest BCUT2D eigenvalue weighted by Crippen LogP contribution is 2.31. The van der Waals surface area contributed by atoms with Crippen LogP contribution < -0.4 is 4.90 Å². The third-order valence-electron chi connectivity index (χ3n) is 6.38. The molecule has 36 heavy (non-hydrogen) atoms. The number of ketones is 1. The summed E-state index contributed by atoms with van der Waals surface area (Å²) in [4.78, 5) is 27.4. The van der Waals surface area contributed by atoms with E-state index in [0.717, 1.165) is 40.9 Å². The predicted molar refractivity (Wildman–Crippen MR) is 138 cm³/mol. The van der Waals surface area contributed by atoms with Crippen molar-refractivity contribution in [2.45, 2.75) is 38.5 Å². The van der Waals surface area contributed by atoms with Crippen LogP contribution in [0.25, 0.3) is 11.1 Å². The summed E-state index contributed by atoms with van der Waals surface area (Å²) in [6, 6.07) is 19.7. The molecule has 1 saturated heterocycles. The van der Waals surface area contributed by atoms with Crippen LogP contribution in [0.2, 0.25) is 0 Å². The van der Waals surface area contributed by atoms with Crippen LogP contribution in [0.5, 0.6) is 0 Å². The molecule has 190 valence electrons. The van der Waals surface area contributed by atoms with Gasteiger partial charge < -0.3 is 10.0 Å². The number of carbonyl (C=O) groups excluding carboxylic acids is 2. The molecule has 4 nitrogen and oxygen atoms in total. The van der Waals surface area contributed by atoms with Gasteiger partial charge in [-0.1, -0.05) is 48.5 Å². The molecule has 1 atom stereocenters. The number of piperidine rings is 1. The quantitative estimate of drug-likeness (QED) is 0.425. The molecule has 0 saturated carbocycles. The maximum absolute atomic E-state index is 13.1. The van der Waals surface area contributed by atoms with E-state index < -0.39 is 17.7 Å². The minimum atomic E-state index is -4.42. The molecule has 1 aliphatic rings. The average molecular weight is 516 g/mol. The number of Topliss-reactive ketones (excluding diaryl/α,β-unsaturated/α-hetero) is 1. The molecular formula is C28H28F3NO3S. The summed E-state index contributed by atoms with van der Waals surface area (Å²) in [6.07, 6.45) is -2.98. The highest BCUT2D eigenvalue weighted by Gasteiger charge is 2.32. The van der Waals surface area contributed by atoms with Gasteiger partial charge in [-0.3, -0.25) is 9.59 Å². The van der Waals surface area contributed by atoms with Gasteiger partial charge in [-0.15, -0.1) is 0 Å². The Kier molecular flexibility index (Phi) is 8.98. The number of alkyl halides is 3. The molecule has 1 heterocycles. The molecule has 4 rings (SSSR count). The Morgan fingerprint density at radius 1 is 0.972 bits per heavy atom. The topological polar surface area (TPSA) is 57.6 Å². The lowest BCUT2D eigenvalue weighted by molar-refractivity contribution is -0.137. The van der Waals surface area contributed by atoms with Gasteiger partial charge in [0, 0.05) is 31.0 Å². The molecular weight excluding hydrogens is 487 g/mol. The van der Waals surface area contributed by atoms with Gasteiger partial charge in [0.25, 0.3) is 0 Å². The van der Waals surface area contributed by atoms with Gasteiger partial charge in [-0.05, 0) is 59.4 Å². The number of benzene rings is 3. The molecule has 0 aliphatic carbocycles. The van der Waals surface area contributed by atoms with Crippen LogP contribution in [0.1, 0.15) is 36.0 Å². The van der Waals surface area contributed by atoms with Crippen molar-refractivity contribution in [1.82, 2.24) is 0 Å². The van der Waals surface area contributed by atoms with Gasteiger partial charge in [0.05, 0.1) is 12.2 Å². The van der Waals surface area contributed by atoms with Crippen molar-refractivity contribution in [1.29, 1.82) is 0 Å². The first-order valence-corrected chi connectivity index (χ1v) is 11.5. The lowest BCUT2D eigenvalue weighted by Gasteiger charge is -2.32. The molecule has 1 aliphatic heterocycles. The third kappa shape index (κ3) is 6.36. The molecule has 0 spiro atoms. The fraction of sp³-hybridized carbons (Fsp3) is 0.286. The highest BCUT2D eigenvalue weighted by atomic mass is 32.1. The van der Waals surface area contributed by atoms with E-state index in [2.05, 4.69) is 0 Å². The van der Waals surface area contributed by atoms with E-state index in [1.54, 1.807) is 4.90 Å². The van der Waals surface area contributed by atoms with Crippen molar-refractivity contribution in [2.75, 3.05) is 11.4 Å². The van der Waals surface area contributed by atoms with E-state index in [9.17, 15) is 27.9 Å². The minimum Gasteiger partial charge on any atom is -0.392 e. The molecule has 8 heteroatoms. The monoisotopic (exact) mass is 515 g/mol. The molecule has 1 amide bonds. The number of rotatable bonds is 7. The number of carbonyl (C=O) groups is 2. The van der Waals surface area contributed by atoms with Crippen molar-refractivity contribution in [2.24, 2.45) is 5.92 Å². The second-order valence-corrected chi connectivity index (χ2v) is 8.81. The number of halogens is 3. The Morgan fingerprint density at radius 2 is 1.64 bits per heavy atom. The first kappa shape index (κ1) is 27.5. The Balaban J connectivity index is 0.00000361. The molecule has 3 aromatic rings. The SMILES string of the molecule is O=C(Cc1ccc(C(F)(F)F)cc1)C[C@H]1CCCN(c2ccc(-c3ccccc3CO)cc2)C1=O.S. The zero-order valence-corrected chi connectivity index (χ0v) is 20.6. The van der Waals surface area contributed by atoms with Crippen molar-refractivity contribution in [3.63, 3.8) is 0 Å². The Bertz CT molecular complexity index is 1190. The Labute approximate surface area is 215 Å². The number of nitrogens with zero attached hydrogens (tertiary/aromatic N) is 1. The Morgan fingerprint density at radius 3 is 2.28 bits per heavy atom. The zero-order chi connectivity index (χ0) is 25.0. The lowest BCUT2D eigenvalue weighted by atomic mass is 9.89. The van der Waals surface area contributed by atoms with Crippen LogP contribution in [-0.4, -0.2) is 23.3 Å². The normalized spacial score (nSPS) is 15.9. The maximum atomic E-state index is 13.1. The van der Waals surface area contributed by atoms with Crippen LogP contribution in [0.3, 0.4) is 0 Å². The summed E-state index contributed by atoms with van der Waals surface area (Å²) in [5.74, 6) is -0.720. The molecule has 1 N–H and O–H groups in total. The molecule has 0 bridgehead atoms. The van der Waals surface area contributed by atoms with E-state index in [1.807, 2.05) is 48.5 Å². The van der Waals surface area contributed by atoms with Crippen molar-refractivity contribution in [3.8, 4) is 11.1 Å². The molecule has 0 aromatic heterocycles. The molecule has 1 fully saturated rings. The van der Waals surface area contributed by atoms with Crippen molar-refractivity contribution < 1.29 is 27.9 Å². The lowest BCUT2D eigenvalue weighted by Crippen LogP contribution is -2.42. The van der Waals surface area contributed by atoms with Crippen LogP contribution in [-0.2, 0) is 28.8 Å². The second-order valence-electron chi connectivity index (χ2n) is 8.81. The fourth-order valence-corrected chi connectivity index (χ4v) is 4.54. The fourth-order valence-electron chi connectivity index (χ4n) is 4.54. The van der Waals surface area contributed by atoms with Crippen LogP contribution >= 0.6 is 13.5 Å². The largest absolute Gasteiger partial charge is 0.416 e. The van der Waals surface area contributed by atoms with E-state index in [-0.39, 0.29) is 44.6 Å². The predicted octanol–water partition coefficient (Wildman–Crippen LogP) is 5.92. The van der Waals surface area contributed by atoms with Crippen LogP contribution in [0, 0.1) is 5.92 Å². The summed E-state index contributed by atoms with van der Waals surface area (Å²) >= 11 is 0. The van der Waals surface area contributed by atoms with E-state index in [1.165, 1.54) is 12.1 Å². The summed E-state index contributed by atoms with van der Waals surface area (Å²) in [7, 11) is 0. The second kappa shape index (κ2) is 11.8. The van der Waals surface area contributed by atoms with Gasteiger partial charge in [0.15, 0.2) is 0 Å². The molecule has 3 aromatic carbocycles. The zero-order valence-electron chi connectivity index (χ0n) is 19.6. The van der Waals surface area contributed by atoms with Crippen LogP contribution in [0.15, 0.2) is 72.8 Å². The van der Waals surface area contributed by atoms with E-state index in [0.29, 0.717) is 18.5 Å². The van der Waals surface area contributed by atoms with E-state index in [4.69, 9.17) is 0 Å². The number of hydrogen-bond donors (Lipinski definition) is 1. The first-order valence-electron chi connectivity index (χ1n) is 11.5. The van der Waals surface area contributed by atoms with Gasteiger partial charge in [0.1, 0.15) is 5.78 Å². The summed E-state index contributed by atoms with van der Waals surface area (Å²) in [5.41, 5.74) is 3.19. The number of amides is 1. The highest BCUT2D eigenvalue weighted by molar-refractivity contribution is 7.59. The third-order valence-corrected chi connectivity index (χ3v) is 6.38. The van der Waals surface area contributed by atoms with Gasteiger partial charge in [-0.25, -0.2) is 0 Å². The van der Waals surface area contributed by atoms with Crippen molar-refractivity contribution in [3.05, 3.63) is 89.5 Å².